The van der Waals surface area contributed by atoms with Crippen molar-refractivity contribution in [3.05, 3.63) is 82.9 Å². The molecule has 1 aliphatic heterocycles. The Hall–Kier alpha value is -3.95. The van der Waals surface area contributed by atoms with Crippen LogP contribution in [0.5, 0.6) is 17.2 Å². The van der Waals surface area contributed by atoms with E-state index in [4.69, 9.17) is 18.9 Å². The molecule has 0 saturated heterocycles. The van der Waals surface area contributed by atoms with Crippen molar-refractivity contribution in [2.75, 3.05) is 14.2 Å². The second-order valence-electron chi connectivity index (χ2n) is 8.91. The first-order valence-electron chi connectivity index (χ1n) is 11.7. The fraction of sp³-hybridized carbons (Fsp3) is 0.250. The van der Waals surface area contributed by atoms with E-state index >= 15 is 0 Å². The number of hydrogen-bond donors (Lipinski definition) is 1. The molecule has 2 heterocycles. The lowest BCUT2D eigenvalue weighted by Gasteiger charge is -2.26. The van der Waals surface area contributed by atoms with Crippen LogP contribution in [0, 0.1) is 0 Å². The maximum atomic E-state index is 13.3. The number of carbonyl (C=O) groups excluding carboxylic acids is 1. The molecule has 3 aromatic carbocycles. The molecule has 37 heavy (non-hydrogen) atoms. The van der Waals surface area contributed by atoms with Crippen LogP contribution in [0.1, 0.15) is 30.5 Å². The van der Waals surface area contributed by atoms with Crippen LogP contribution in [-0.4, -0.2) is 40.1 Å². The second kappa shape index (κ2) is 9.84. The monoisotopic (exact) mass is 518 g/mol. The Morgan fingerprint density at radius 1 is 0.946 bits per heavy atom. The molecular weight excluding hydrogens is 492 g/mol. The molecule has 0 bridgehead atoms. The molecule has 0 radical (unpaired) electrons. The Morgan fingerprint density at radius 2 is 1.68 bits per heavy atom. The Balaban J connectivity index is 1.64. The zero-order chi connectivity index (χ0) is 26.2. The molecule has 190 valence electrons. The Labute approximate surface area is 218 Å². The van der Waals surface area contributed by atoms with Crippen LogP contribution in [0.4, 0.5) is 0 Å². The van der Waals surface area contributed by atoms with Crippen LogP contribution in [0.25, 0.3) is 16.6 Å². The van der Waals surface area contributed by atoms with Gasteiger partial charge in [0.15, 0.2) is 11.5 Å². The first kappa shape index (κ1) is 24.7. The zero-order valence-corrected chi connectivity index (χ0v) is 21.7. The van der Waals surface area contributed by atoms with E-state index < -0.39 is 11.8 Å². The number of hydrogen-bond acceptors (Lipinski definition) is 9. The molecule has 0 aliphatic carbocycles. The van der Waals surface area contributed by atoms with E-state index in [0.717, 1.165) is 22.8 Å². The molecular formula is C28H26N2O6S. The van der Waals surface area contributed by atoms with Crippen molar-refractivity contribution in [3.63, 3.8) is 0 Å². The van der Waals surface area contributed by atoms with Crippen molar-refractivity contribution in [1.29, 1.82) is 0 Å². The minimum Gasteiger partial charge on any atom is -0.493 e. The number of rotatable bonds is 8. The summed E-state index contributed by atoms with van der Waals surface area (Å²) in [5.41, 5.74) is 3.91. The van der Waals surface area contributed by atoms with Crippen molar-refractivity contribution in [2.45, 2.75) is 32.2 Å². The van der Waals surface area contributed by atoms with Gasteiger partial charge in [0, 0.05) is 17.6 Å². The van der Waals surface area contributed by atoms with Gasteiger partial charge < -0.3 is 24.1 Å². The largest absolute Gasteiger partial charge is 0.493 e. The maximum absolute atomic E-state index is 13.3. The summed E-state index contributed by atoms with van der Waals surface area (Å²) in [5.74, 6) is -0.829. The van der Waals surface area contributed by atoms with Gasteiger partial charge in [-0.05, 0) is 73.5 Å². The summed E-state index contributed by atoms with van der Waals surface area (Å²) >= 11 is 1.10. The van der Waals surface area contributed by atoms with Crippen molar-refractivity contribution in [2.24, 2.45) is 0 Å². The highest BCUT2D eigenvalue weighted by Crippen LogP contribution is 2.45. The van der Waals surface area contributed by atoms with Gasteiger partial charge in [0.1, 0.15) is 16.8 Å². The van der Waals surface area contributed by atoms with Crippen LogP contribution in [0.2, 0.25) is 0 Å². The van der Waals surface area contributed by atoms with Crippen LogP contribution < -0.4 is 14.2 Å². The van der Waals surface area contributed by atoms with Crippen LogP contribution in [0.15, 0.2) is 66.2 Å². The number of aromatic nitrogens is 2. The molecule has 1 N–H and O–H groups in total. The molecule has 0 fully saturated rings. The third kappa shape index (κ3) is 4.63. The first-order chi connectivity index (χ1) is 17.8. The van der Waals surface area contributed by atoms with Gasteiger partial charge in [-0.3, -0.25) is 0 Å². The SMILES string of the molecule is COc1ccc(CC2=C(c3ccc4nsnc4c3)C(=O)OC2(O)c2ccc(OC(C)C)cc2)cc1OC. The van der Waals surface area contributed by atoms with Gasteiger partial charge in [0.25, 0.3) is 5.79 Å². The topological polar surface area (TPSA) is 100 Å². The number of aliphatic hydroxyl groups is 1. The van der Waals surface area contributed by atoms with Gasteiger partial charge in [0.2, 0.25) is 0 Å². The molecule has 5 rings (SSSR count). The minimum atomic E-state index is -1.98. The average molecular weight is 519 g/mol. The van der Waals surface area contributed by atoms with E-state index in [1.54, 1.807) is 62.8 Å². The lowest BCUT2D eigenvalue weighted by atomic mass is 9.88. The molecule has 1 aliphatic rings. The fourth-order valence-electron chi connectivity index (χ4n) is 4.44. The van der Waals surface area contributed by atoms with Gasteiger partial charge in [-0.2, -0.15) is 8.75 Å². The third-order valence-corrected chi connectivity index (χ3v) is 6.70. The van der Waals surface area contributed by atoms with E-state index in [-0.39, 0.29) is 18.1 Å². The molecule has 1 unspecified atom stereocenters. The molecule has 0 saturated carbocycles. The van der Waals surface area contributed by atoms with Crippen LogP contribution in [0.3, 0.4) is 0 Å². The Morgan fingerprint density at radius 3 is 2.38 bits per heavy atom. The summed E-state index contributed by atoms with van der Waals surface area (Å²) in [6.45, 7) is 3.87. The lowest BCUT2D eigenvalue weighted by Crippen LogP contribution is -2.29. The molecule has 9 heteroatoms. The number of benzene rings is 3. The van der Waals surface area contributed by atoms with E-state index in [0.29, 0.717) is 39.5 Å². The zero-order valence-electron chi connectivity index (χ0n) is 20.8. The highest BCUT2D eigenvalue weighted by Gasteiger charge is 2.48. The molecule has 0 spiro atoms. The maximum Gasteiger partial charge on any atom is 0.342 e. The predicted octanol–water partition coefficient (Wildman–Crippen LogP) is 4.89. The first-order valence-corrected chi connectivity index (χ1v) is 12.5. The van der Waals surface area contributed by atoms with Crippen molar-refractivity contribution < 1.29 is 28.8 Å². The fourth-order valence-corrected chi connectivity index (χ4v) is 4.95. The van der Waals surface area contributed by atoms with Crippen molar-refractivity contribution in [3.8, 4) is 17.2 Å². The minimum absolute atomic E-state index is 0.000443. The smallest absolute Gasteiger partial charge is 0.342 e. The van der Waals surface area contributed by atoms with Crippen LogP contribution >= 0.6 is 11.7 Å². The summed E-state index contributed by atoms with van der Waals surface area (Å²) in [6.07, 6.45) is 0.218. The number of ether oxygens (including phenoxy) is 4. The third-order valence-electron chi connectivity index (χ3n) is 6.14. The van der Waals surface area contributed by atoms with Crippen molar-refractivity contribution >= 4 is 34.3 Å². The number of carbonyl (C=O) groups is 1. The quantitative estimate of drug-likeness (QED) is 0.329. The number of cyclic esters (lactones) is 1. The number of nitrogens with zero attached hydrogens (tertiary/aromatic N) is 2. The average Bonchev–Trinajstić information content (AvgIpc) is 3.45. The van der Waals surface area contributed by atoms with Crippen LogP contribution in [-0.2, 0) is 21.7 Å². The van der Waals surface area contributed by atoms with Gasteiger partial charge in [-0.1, -0.05) is 12.1 Å². The molecule has 1 atom stereocenters. The summed E-state index contributed by atoms with van der Waals surface area (Å²) in [6, 6.07) is 17.8. The Bertz CT molecular complexity index is 1490. The number of methoxy groups -OCH3 is 2. The van der Waals surface area contributed by atoms with E-state index in [2.05, 4.69) is 8.75 Å². The predicted molar refractivity (Wildman–Crippen MR) is 140 cm³/mol. The number of esters is 1. The van der Waals surface area contributed by atoms with E-state index in [1.165, 1.54) is 0 Å². The second-order valence-corrected chi connectivity index (χ2v) is 9.44. The summed E-state index contributed by atoms with van der Waals surface area (Å²) in [4.78, 5) is 13.3. The van der Waals surface area contributed by atoms with Crippen molar-refractivity contribution in [1.82, 2.24) is 8.75 Å². The Kier molecular flexibility index (Phi) is 6.57. The molecule has 0 amide bonds. The number of fused-ring (bicyclic) bond motifs is 1. The summed E-state index contributed by atoms with van der Waals surface area (Å²) in [7, 11) is 3.12. The van der Waals surface area contributed by atoms with E-state index in [1.807, 2.05) is 26.0 Å². The lowest BCUT2D eigenvalue weighted by molar-refractivity contribution is -0.185. The van der Waals surface area contributed by atoms with Gasteiger partial charge in [-0.15, -0.1) is 0 Å². The molecule has 8 nitrogen and oxygen atoms in total. The standard InChI is InChI=1S/C28H26N2O6S/c1-16(2)35-20-9-7-19(8-10-20)28(32)21(13-17-5-12-24(33-3)25(14-17)34-4)26(27(31)36-28)18-6-11-22-23(15-18)30-37-29-22/h5-12,14-16,32H,13H2,1-4H3. The summed E-state index contributed by atoms with van der Waals surface area (Å²) < 4.78 is 30.8. The summed E-state index contributed by atoms with van der Waals surface area (Å²) in [5, 5.41) is 11.9. The normalized spacial score (nSPS) is 17.4. The molecule has 4 aromatic rings. The van der Waals surface area contributed by atoms with E-state index in [9.17, 15) is 9.90 Å². The highest BCUT2D eigenvalue weighted by molar-refractivity contribution is 7.00. The van der Waals surface area contributed by atoms with Gasteiger partial charge >= 0.3 is 5.97 Å². The molecule has 1 aromatic heterocycles. The van der Waals surface area contributed by atoms with Gasteiger partial charge in [0.05, 0.1) is 37.6 Å². The van der Waals surface area contributed by atoms with Gasteiger partial charge in [-0.25, -0.2) is 4.79 Å². The highest BCUT2D eigenvalue weighted by atomic mass is 32.1.